The van der Waals surface area contributed by atoms with E-state index in [4.69, 9.17) is 4.42 Å². The van der Waals surface area contributed by atoms with Crippen molar-refractivity contribution in [2.24, 2.45) is 0 Å². The fraction of sp³-hybridized carbons (Fsp3) is 0. The number of aromatic nitrogens is 1. The summed E-state index contributed by atoms with van der Waals surface area (Å²) >= 11 is 0. The molecular formula is C72H48N2O. The molecule has 2 heterocycles. The van der Waals surface area contributed by atoms with Crippen LogP contribution < -0.4 is 4.90 Å². The topological polar surface area (TPSA) is 21.3 Å². The predicted octanol–water partition coefficient (Wildman–Crippen LogP) is 20.2. The number of nitrogens with zero attached hydrogens (tertiary/aromatic N) is 2. The van der Waals surface area contributed by atoms with Gasteiger partial charge in [0.25, 0.3) is 0 Å². The third-order valence-electron chi connectivity index (χ3n) is 14.8. The summed E-state index contributed by atoms with van der Waals surface area (Å²) in [5.41, 5.74) is 22.6. The molecule has 0 fully saturated rings. The van der Waals surface area contributed by atoms with Gasteiger partial charge >= 0.3 is 0 Å². The van der Waals surface area contributed by atoms with Crippen LogP contribution in [0.2, 0.25) is 0 Å². The van der Waals surface area contributed by atoms with Gasteiger partial charge in [-0.2, -0.15) is 0 Å². The quantitative estimate of drug-likeness (QED) is 0.136. The van der Waals surface area contributed by atoms with Crippen LogP contribution in [0.25, 0.3) is 116 Å². The molecule has 3 nitrogen and oxygen atoms in total. The molecule has 0 aliphatic heterocycles. The highest BCUT2D eigenvalue weighted by Crippen LogP contribution is 2.45. The van der Waals surface area contributed by atoms with Crippen molar-refractivity contribution >= 4 is 60.8 Å². The Bertz CT molecular complexity index is 4230. The number of furan rings is 1. The van der Waals surface area contributed by atoms with E-state index in [0.717, 1.165) is 72.4 Å². The largest absolute Gasteiger partial charge is 0.456 e. The summed E-state index contributed by atoms with van der Waals surface area (Å²) in [6.45, 7) is 0. The van der Waals surface area contributed by atoms with Crippen molar-refractivity contribution in [2.45, 2.75) is 0 Å². The molecular weight excluding hydrogens is 909 g/mol. The average Bonchev–Trinajstić information content (AvgIpc) is 4.04. The highest BCUT2D eigenvalue weighted by atomic mass is 16.3. The minimum atomic E-state index is 0.890. The molecule has 0 atom stereocenters. The van der Waals surface area contributed by atoms with Crippen LogP contribution in [0.3, 0.4) is 0 Å². The molecule has 352 valence electrons. The third kappa shape index (κ3) is 7.95. The summed E-state index contributed by atoms with van der Waals surface area (Å²) in [7, 11) is 0. The number of rotatable bonds is 10. The first kappa shape index (κ1) is 43.8. The van der Waals surface area contributed by atoms with Gasteiger partial charge in [0.15, 0.2) is 0 Å². The van der Waals surface area contributed by atoms with Gasteiger partial charge in [-0.15, -0.1) is 0 Å². The zero-order valence-electron chi connectivity index (χ0n) is 41.0. The van der Waals surface area contributed by atoms with Crippen molar-refractivity contribution in [3.8, 4) is 72.4 Å². The number of fused-ring (bicyclic) bond motifs is 6. The number of hydrogen-bond donors (Lipinski definition) is 0. The monoisotopic (exact) mass is 956 g/mol. The van der Waals surface area contributed by atoms with Crippen LogP contribution in [0, 0.1) is 0 Å². The number of anilines is 3. The molecule has 0 bridgehead atoms. The van der Waals surface area contributed by atoms with E-state index in [1.807, 2.05) is 12.1 Å². The lowest BCUT2D eigenvalue weighted by molar-refractivity contribution is 0.669. The minimum absolute atomic E-state index is 0.890. The van der Waals surface area contributed by atoms with Crippen molar-refractivity contribution in [3.63, 3.8) is 0 Å². The fourth-order valence-electron chi connectivity index (χ4n) is 11.2. The molecule has 2 aromatic heterocycles. The number of hydrogen-bond acceptors (Lipinski definition) is 2. The van der Waals surface area contributed by atoms with E-state index in [-0.39, 0.29) is 0 Å². The fourth-order valence-corrected chi connectivity index (χ4v) is 11.2. The van der Waals surface area contributed by atoms with Gasteiger partial charge in [-0.1, -0.05) is 218 Å². The summed E-state index contributed by atoms with van der Waals surface area (Å²) in [5, 5.41) is 4.67. The smallest absolute Gasteiger partial charge is 0.135 e. The van der Waals surface area contributed by atoms with E-state index >= 15 is 0 Å². The normalized spacial score (nSPS) is 11.5. The maximum atomic E-state index is 6.26. The van der Waals surface area contributed by atoms with Crippen LogP contribution in [0.1, 0.15) is 0 Å². The second-order valence-corrected chi connectivity index (χ2v) is 19.2. The van der Waals surface area contributed by atoms with Crippen LogP contribution in [0.4, 0.5) is 17.1 Å². The van der Waals surface area contributed by atoms with Crippen LogP contribution in [-0.4, -0.2) is 4.57 Å². The molecule has 14 rings (SSSR count). The Hall–Kier alpha value is -9.96. The van der Waals surface area contributed by atoms with E-state index in [1.165, 1.54) is 60.8 Å². The molecule has 3 heteroatoms. The Labute approximate surface area is 436 Å². The molecule has 14 aromatic rings. The second kappa shape index (κ2) is 18.6. The molecule has 75 heavy (non-hydrogen) atoms. The summed E-state index contributed by atoms with van der Waals surface area (Å²) < 4.78 is 8.66. The maximum absolute atomic E-state index is 6.26. The molecule has 0 saturated heterocycles. The SMILES string of the molecule is c1ccc(-c2ccc(-c3ccc(N(c4ccc(-c5ccc(-c6ccccc6)cc5)cc4)c4ccccc4-c4cccc(-c5cccc6c5c5ccccc5n6-c5ccc6oc7ccccc7c6c5)c4)cc3)cc2)cc1. The summed E-state index contributed by atoms with van der Waals surface area (Å²) in [5.74, 6) is 0. The highest BCUT2D eigenvalue weighted by Gasteiger charge is 2.21. The van der Waals surface area contributed by atoms with Gasteiger partial charge < -0.3 is 13.9 Å². The summed E-state index contributed by atoms with van der Waals surface area (Å²) in [6.07, 6.45) is 0. The average molecular weight is 957 g/mol. The Kier molecular flexibility index (Phi) is 10.8. The van der Waals surface area contributed by atoms with Gasteiger partial charge in [-0.05, 0) is 134 Å². The van der Waals surface area contributed by atoms with Gasteiger partial charge in [0.05, 0.1) is 16.7 Å². The molecule has 0 N–H and O–H groups in total. The molecule has 0 amide bonds. The van der Waals surface area contributed by atoms with Crippen LogP contribution in [0.5, 0.6) is 0 Å². The lowest BCUT2D eigenvalue weighted by Crippen LogP contribution is -2.11. The van der Waals surface area contributed by atoms with Crippen molar-refractivity contribution in [1.82, 2.24) is 4.57 Å². The van der Waals surface area contributed by atoms with E-state index in [9.17, 15) is 0 Å². The van der Waals surface area contributed by atoms with Gasteiger partial charge in [0.1, 0.15) is 11.2 Å². The number of benzene rings is 12. The first-order valence-electron chi connectivity index (χ1n) is 25.6. The Balaban J connectivity index is 0.861. The van der Waals surface area contributed by atoms with Gasteiger partial charge in [-0.3, -0.25) is 0 Å². The van der Waals surface area contributed by atoms with Crippen molar-refractivity contribution in [3.05, 3.63) is 291 Å². The Morgan fingerprint density at radius 3 is 1.31 bits per heavy atom. The molecule has 0 aliphatic carbocycles. The lowest BCUT2D eigenvalue weighted by Gasteiger charge is -2.28. The standard InChI is InChI=1S/C72H48N2O/c1-3-15-49(16-4-1)51-29-33-53(34-30-51)55-37-41-59(42-38-55)73(60-43-39-56(40-44-60)54-35-31-52(32-36-54)50-17-5-2-6-18-50)67-25-10-7-21-62(67)57-19-13-20-58(47-57)63-24-14-27-69-72(63)65-23-8-11-26-68(65)74(69)61-45-46-71-66(48-61)64-22-9-12-28-70(64)75-71/h1-48H. The van der Waals surface area contributed by atoms with E-state index < -0.39 is 0 Å². The van der Waals surface area contributed by atoms with Crippen molar-refractivity contribution in [1.29, 1.82) is 0 Å². The zero-order chi connectivity index (χ0) is 49.7. The van der Waals surface area contributed by atoms with Crippen LogP contribution in [0.15, 0.2) is 296 Å². The van der Waals surface area contributed by atoms with Crippen molar-refractivity contribution in [2.75, 3.05) is 4.90 Å². The Morgan fingerprint density at radius 1 is 0.267 bits per heavy atom. The maximum Gasteiger partial charge on any atom is 0.135 e. The first-order valence-corrected chi connectivity index (χ1v) is 25.6. The molecule has 0 saturated carbocycles. The lowest BCUT2D eigenvalue weighted by atomic mass is 9.94. The summed E-state index contributed by atoms with van der Waals surface area (Å²) in [4.78, 5) is 2.40. The van der Waals surface area contributed by atoms with Gasteiger partial charge in [0.2, 0.25) is 0 Å². The van der Waals surface area contributed by atoms with Crippen LogP contribution >= 0.6 is 0 Å². The summed E-state index contributed by atoms with van der Waals surface area (Å²) in [6, 6.07) is 105. The van der Waals surface area contributed by atoms with Crippen molar-refractivity contribution < 1.29 is 4.42 Å². The molecule has 0 unspecified atom stereocenters. The van der Waals surface area contributed by atoms with Crippen LogP contribution in [-0.2, 0) is 0 Å². The minimum Gasteiger partial charge on any atom is -0.456 e. The zero-order valence-corrected chi connectivity index (χ0v) is 41.0. The third-order valence-corrected chi connectivity index (χ3v) is 14.8. The highest BCUT2D eigenvalue weighted by molar-refractivity contribution is 6.16. The second-order valence-electron chi connectivity index (χ2n) is 19.2. The Morgan fingerprint density at radius 2 is 0.693 bits per heavy atom. The van der Waals surface area contributed by atoms with Gasteiger partial charge in [0, 0.05) is 44.2 Å². The predicted molar refractivity (Wildman–Crippen MR) is 315 cm³/mol. The molecule has 12 aromatic carbocycles. The van der Waals surface area contributed by atoms with E-state index in [1.54, 1.807) is 0 Å². The number of para-hydroxylation sites is 3. The first-order chi connectivity index (χ1) is 37.2. The molecule has 0 radical (unpaired) electrons. The van der Waals surface area contributed by atoms with Gasteiger partial charge in [-0.25, -0.2) is 0 Å². The van der Waals surface area contributed by atoms with E-state index in [2.05, 4.69) is 289 Å². The molecule has 0 spiro atoms. The van der Waals surface area contributed by atoms with E-state index in [0.29, 0.717) is 0 Å². The molecule has 0 aliphatic rings.